The molecular formula is C15H15N5O2. The number of aryl methyl sites for hydroxylation is 2. The SMILES string of the molecule is Cc1nn(C)c2c(NCc3ccc4c(c3)OCO4)ncnc12. The number of rotatable bonds is 3. The zero-order chi connectivity index (χ0) is 15.1. The van der Waals surface area contributed by atoms with Gasteiger partial charge in [0.25, 0.3) is 0 Å². The molecule has 0 radical (unpaired) electrons. The number of nitrogens with zero attached hydrogens (tertiary/aromatic N) is 4. The lowest BCUT2D eigenvalue weighted by Crippen LogP contribution is -2.04. The van der Waals surface area contributed by atoms with Gasteiger partial charge in [0.2, 0.25) is 6.79 Å². The third-order valence-electron chi connectivity index (χ3n) is 3.69. The van der Waals surface area contributed by atoms with Crippen LogP contribution in [0, 0.1) is 6.92 Å². The van der Waals surface area contributed by atoms with Gasteiger partial charge < -0.3 is 14.8 Å². The van der Waals surface area contributed by atoms with Crippen molar-refractivity contribution in [3.05, 3.63) is 35.8 Å². The number of fused-ring (bicyclic) bond motifs is 2. The van der Waals surface area contributed by atoms with Gasteiger partial charge in [-0.25, -0.2) is 9.97 Å². The van der Waals surface area contributed by atoms with Crippen LogP contribution in [0.2, 0.25) is 0 Å². The van der Waals surface area contributed by atoms with E-state index >= 15 is 0 Å². The molecule has 112 valence electrons. The lowest BCUT2D eigenvalue weighted by atomic mass is 10.2. The summed E-state index contributed by atoms with van der Waals surface area (Å²) in [5.41, 5.74) is 3.76. The number of nitrogens with one attached hydrogen (secondary N) is 1. The van der Waals surface area contributed by atoms with E-state index in [0.717, 1.165) is 39.6 Å². The van der Waals surface area contributed by atoms with E-state index in [1.807, 2.05) is 32.2 Å². The summed E-state index contributed by atoms with van der Waals surface area (Å²) in [5.74, 6) is 2.34. The number of anilines is 1. The topological polar surface area (TPSA) is 74.1 Å². The highest BCUT2D eigenvalue weighted by molar-refractivity contribution is 5.87. The van der Waals surface area contributed by atoms with E-state index in [4.69, 9.17) is 9.47 Å². The summed E-state index contributed by atoms with van der Waals surface area (Å²) in [7, 11) is 1.89. The van der Waals surface area contributed by atoms with Gasteiger partial charge in [0.05, 0.1) is 5.69 Å². The van der Waals surface area contributed by atoms with E-state index in [1.165, 1.54) is 0 Å². The number of aromatic nitrogens is 4. The van der Waals surface area contributed by atoms with E-state index < -0.39 is 0 Å². The first-order valence-corrected chi connectivity index (χ1v) is 6.99. The Morgan fingerprint density at radius 3 is 3.00 bits per heavy atom. The van der Waals surface area contributed by atoms with Crippen LogP contribution in [0.15, 0.2) is 24.5 Å². The molecule has 0 spiro atoms. The molecule has 7 nitrogen and oxygen atoms in total. The summed E-state index contributed by atoms with van der Waals surface area (Å²) < 4.78 is 12.5. The average Bonchev–Trinajstić information content (AvgIpc) is 3.10. The summed E-state index contributed by atoms with van der Waals surface area (Å²) in [6.07, 6.45) is 1.55. The first-order valence-electron chi connectivity index (χ1n) is 6.99. The second-order valence-electron chi connectivity index (χ2n) is 5.17. The van der Waals surface area contributed by atoms with Crippen LogP contribution in [0.5, 0.6) is 11.5 Å². The van der Waals surface area contributed by atoms with Crippen LogP contribution in [0.1, 0.15) is 11.3 Å². The van der Waals surface area contributed by atoms with Crippen LogP contribution in [-0.2, 0) is 13.6 Å². The number of ether oxygens (including phenoxy) is 2. The maximum atomic E-state index is 5.39. The molecule has 1 N–H and O–H groups in total. The lowest BCUT2D eigenvalue weighted by Gasteiger charge is -2.08. The highest BCUT2D eigenvalue weighted by Crippen LogP contribution is 2.32. The summed E-state index contributed by atoms with van der Waals surface area (Å²) in [4.78, 5) is 8.62. The van der Waals surface area contributed by atoms with E-state index in [0.29, 0.717) is 6.54 Å². The highest BCUT2D eigenvalue weighted by Gasteiger charge is 2.14. The van der Waals surface area contributed by atoms with Gasteiger partial charge in [-0.05, 0) is 24.6 Å². The Bertz CT molecular complexity index is 859. The van der Waals surface area contributed by atoms with Crippen molar-refractivity contribution < 1.29 is 9.47 Å². The summed E-state index contributed by atoms with van der Waals surface area (Å²) in [6.45, 7) is 2.86. The Morgan fingerprint density at radius 2 is 2.09 bits per heavy atom. The Morgan fingerprint density at radius 1 is 1.23 bits per heavy atom. The van der Waals surface area contributed by atoms with Crippen molar-refractivity contribution in [3.8, 4) is 11.5 Å². The third-order valence-corrected chi connectivity index (χ3v) is 3.69. The maximum Gasteiger partial charge on any atom is 0.231 e. The van der Waals surface area contributed by atoms with Crippen LogP contribution in [0.3, 0.4) is 0 Å². The molecule has 22 heavy (non-hydrogen) atoms. The average molecular weight is 297 g/mol. The molecule has 0 saturated heterocycles. The fourth-order valence-corrected chi connectivity index (χ4v) is 2.64. The van der Waals surface area contributed by atoms with Crippen LogP contribution in [0.4, 0.5) is 5.82 Å². The van der Waals surface area contributed by atoms with Gasteiger partial charge in [0.1, 0.15) is 17.4 Å². The van der Waals surface area contributed by atoms with Crippen molar-refractivity contribution >= 4 is 16.9 Å². The first-order chi connectivity index (χ1) is 10.7. The minimum Gasteiger partial charge on any atom is -0.454 e. The molecule has 0 atom stereocenters. The normalized spacial score (nSPS) is 12.8. The van der Waals surface area contributed by atoms with E-state index in [-0.39, 0.29) is 6.79 Å². The van der Waals surface area contributed by atoms with Gasteiger partial charge in [-0.15, -0.1) is 0 Å². The molecule has 7 heteroatoms. The van der Waals surface area contributed by atoms with Crippen LogP contribution < -0.4 is 14.8 Å². The van der Waals surface area contributed by atoms with Gasteiger partial charge in [-0.1, -0.05) is 6.07 Å². The van der Waals surface area contributed by atoms with Crippen molar-refractivity contribution in [2.45, 2.75) is 13.5 Å². The summed E-state index contributed by atoms with van der Waals surface area (Å²) in [6, 6.07) is 5.90. The van der Waals surface area contributed by atoms with Gasteiger partial charge >= 0.3 is 0 Å². The second kappa shape index (κ2) is 4.87. The van der Waals surface area contributed by atoms with Crippen molar-refractivity contribution in [1.29, 1.82) is 0 Å². The highest BCUT2D eigenvalue weighted by atomic mass is 16.7. The van der Waals surface area contributed by atoms with Crippen molar-refractivity contribution in [1.82, 2.24) is 19.7 Å². The zero-order valence-electron chi connectivity index (χ0n) is 12.3. The van der Waals surface area contributed by atoms with Crippen molar-refractivity contribution in [2.75, 3.05) is 12.1 Å². The Kier molecular flexibility index (Phi) is 2.85. The van der Waals surface area contributed by atoms with Gasteiger partial charge in [0, 0.05) is 13.6 Å². The lowest BCUT2D eigenvalue weighted by molar-refractivity contribution is 0.174. The minimum absolute atomic E-state index is 0.285. The number of hydrogen-bond donors (Lipinski definition) is 1. The predicted octanol–water partition coefficient (Wildman–Crippen LogP) is 2.01. The van der Waals surface area contributed by atoms with E-state index in [2.05, 4.69) is 20.4 Å². The molecule has 0 fully saturated rings. The third kappa shape index (κ3) is 2.02. The molecular weight excluding hydrogens is 282 g/mol. The maximum absolute atomic E-state index is 5.39. The number of benzene rings is 1. The van der Waals surface area contributed by atoms with E-state index in [1.54, 1.807) is 11.0 Å². The molecule has 0 amide bonds. The standard InChI is InChI=1S/C15H15N5O2/c1-9-13-14(20(2)19-9)15(18-7-17-13)16-6-10-3-4-11-12(5-10)22-8-21-11/h3-5,7H,6,8H2,1-2H3,(H,16,17,18). The van der Waals surface area contributed by atoms with Gasteiger partial charge in [-0.2, -0.15) is 5.10 Å². The fraction of sp³-hybridized carbons (Fsp3) is 0.267. The second-order valence-corrected chi connectivity index (χ2v) is 5.17. The van der Waals surface area contributed by atoms with Crippen LogP contribution in [-0.4, -0.2) is 26.5 Å². The molecule has 1 aromatic carbocycles. The van der Waals surface area contributed by atoms with Crippen LogP contribution in [0.25, 0.3) is 11.0 Å². The first kappa shape index (κ1) is 12.9. The quantitative estimate of drug-likeness (QED) is 0.797. The molecule has 1 aliphatic heterocycles. The molecule has 0 saturated carbocycles. The van der Waals surface area contributed by atoms with Crippen LogP contribution >= 0.6 is 0 Å². The largest absolute Gasteiger partial charge is 0.454 e. The monoisotopic (exact) mass is 297 g/mol. The molecule has 0 bridgehead atoms. The van der Waals surface area contributed by atoms with E-state index in [9.17, 15) is 0 Å². The van der Waals surface area contributed by atoms with Crippen molar-refractivity contribution in [2.24, 2.45) is 7.05 Å². The van der Waals surface area contributed by atoms with Crippen molar-refractivity contribution in [3.63, 3.8) is 0 Å². The number of hydrogen-bond acceptors (Lipinski definition) is 6. The molecule has 4 rings (SSSR count). The Hall–Kier alpha value is -2.83. The molecule has 3 aromatic rings. The summed E-state index contributed by atoms with van der Waals surface area (Å²) >= 11 is 0. The smallest absolute Gasteiger partial charge is 0.231 e. The van der Waals surface area contributed by atoms with Gasteiger partial charge in [0.15, 0.2) is 17.3 Å². The predicted molar refractivity (Wildman–Crippen MR) is 80.9 cm³/mol. The summed E-state index contributed by atoms with van der Waals surface area (Å²) in [5, 5.41) is 7.73. The molecule has 1 aliphatic rings. The molecule has 3 heterocycles. The Labute approximate surface area is 126 Å². The molecule has 2 aromatic heterocycles. The fourth-order valence-electron chi connectivity index (χ4n) is 2.64. The molecule has 0 aliphatic carbocycles. The minimum atomic E-state index is 0.285. The molecule has 0 unspecified atom stereocenters. The zero-order valence-corrected chi connectivity index (χ0v) is 12.3. The van der Waals surface area contributed by atoms with Gasteiger partial charge in [-0.3, -0.25) is 4.68 Å². The Balaban J connectivity index is 1.62.